The Morgan fingerprint density at radius 2 is 2.00 bits per heavy atom. The summed E-state index contributed by atoms with van der Waals surface area (Å²) in [5.74, 6) is 0. The minimum absolute atomic E-state index is 0.650. The third-order valence-corrected chi connectivity index (χ3v) is 3.09. The second kappa shape index (κ2) is 3.71. The molecule has 2 aromatic rings. The highest BCUT2D eigenvalue weighted by Crippen LogP contribution is 2.31. The van der Waals surface area contributed by atoms with Crippen LogP contribution in [0, 0.1) is 0 Å². The predicted molar refractivity (Wildman–Crippen MR) is 62.0 cm³/mol. The maximum absolute atomic E-state index is 10.8. The minimum Gasteiger partial charge on any atom is -0.298 e. The Hall–Kier alpha value is -0.860. The second-order valence-corrected chi connectivity index (χ2v) is 4.18. The first kappa shape index (κ1) is 9.69. The lowest BCUT2D eigenvalue weighted by molar-refractivity contribution is 0.112. The van der Waals surface area contributed by atoms with Crippen LogP contribution in [0.3, 0.4) is 0 Å². The largest absolute Gasteiger partial charge is 0.298 e. The molecule has 0 amide bonds. The first-order chi connectivity index (χ1) is 6.74. The van der Waals surface area contributed by atoms with Crippen molar-refractivity contribution in [2.75, 3.05) is 0 Å². The number of rotatable bonds is 1. The van der Waals surface area contributed by atoms with Crippen molar-refractivity contribution >= 4 is 44.6 Å². The average Bonchev–Trinajstić information content (AvgIpc) is 2.20. The molecule has 70 valence electrons. The first-order valence-corrected chi connectivity index (χ1v) is 5.23. The van der Waals surface area contributed by atoms with Gasteiger partial charge in [0.15, 0.2) is 6.29 Å². The number of benzene rings is 2. The van der Waals surface area contributed by atoms with Crippen LogP contribution >= 0.6 is 27.5 Å². The van der Waals surface area contributed by atoms with Crippen molar-refractivity contribution in [3.05, 3.63) is 45.4 Å². The number of carbonyl (C=O) groups is 1. The molecule has 0 aromatic heterocycles. The van der Waals surface area contributed by atoms with Crippen LogP contribution in [-0.2, 0) is 0 Å². The van der Waals surface area contributed by atoms with Crippen molar-refractivity contribution < 1.29 is 4.79 Å². The molecule has 1 nitrogen and oxygen atoms in total. The zero-order chi connectivity index (χ0) is 10.1. The molecule has 0 saturated carbocycles. The summed E-state index contributed by atoms with van der Waals surface area (Å²) in [6.07, 6.45) is 0.837. The number of fused-ring (bicyclic) bond motifs is 1. The van der Waals surface area contributed by atoms with E-state index >= 15 is 0 Å². The molecule has 0 N–H and O–H groups in total. The van der Waals surface area contributed by atoms with Crippen LogP contribution in [0.5, 0.6) is 0 Å². The standard InChI is InChI=1S/C11H6BrClO/c12-9-3-1-2-8-10(13)5-4-7(6-14)11(8)9/h1-6H. The fraction of sp³-hybridized carbons (Fsp3) is 0. The zero-order valence-corrected chi connectivity index (χ0v) is 9.47. The quantitative estimate of drug-likeness (QED) is 0.713. The van der Waals surface area contributed by atoms with Crippen LogP contribution in [0.4, 0.5) is 0 Å². The van der Waals surface area contributed by atoms with E-state index in [0.29, 0.717) is 10.6 Å². The molecule has 2 rings (SSSR count). The highest BCUT2D eigenvalue weighted by Gasteiger charge is 2.06. The molecule has 0 aliphatic heterocycles. The number of carbonyl (C=O) groups excluding carboxylic acids is 1. The first-order valence-electron chi connectivity index (χ1n) is 4.06. The molecule has 3 heteroatoms. The average molecular weight is 270 g/mol. The Kier molecular flexibility index (Phi) is 2.57. The Bertz CT molecular complexity index is 508. The molecular weight excluding hydrogens is 263 g/mol. The molecular formula is C11H6BrClO. The normalized spacial score (nSPS) is 10.4. The van der Waals surface area contributed by atoms with E-state index in [9.17, 15) is 4.79 Å². The highest BCUT2D eigenvalue weighted by atomic mass is 79.9. The number of halogens is 2. The zero-order valence-electron chi connectivity index (χ0n) is 7.13. The van der Waals surface area contributed by atoms with Crippen LogP contribution in [0.15, 0.2) is 34.8 Å². The van der Waals surface area contributed by atoms with E-state index in [4.69, 9.17) is 11.6 Å². The second-order valence-electron chi connectivity index (χ2n) is 2.92. The molecule has 0 aliphatic carbocycles. The number of aldehydes is 1. The molecule has 0 atom stereocenters. The highest BCUT2D eigenvalue weighted by molar-refractivity contribution is 9.10. The lowest BCUT2D eigenvalue weighted by atomic mass is 10.1. The van der Waals surface area contributed by atoms with Gasteiger partial charge in [0.2, 0.25) is 0 Å². The van der Waals surface area contributed by atoms with E-state index in [0.717, 1.165) is 21.5 Å². The van der Waals surface area contributed by atoms with Crippen molar-refractivity contribution in [2.24, 2.45) is 0 Å². The van der Waals surface area contributed by atoms with Gasteiger partial charge in [0, 0.05) is 25.8 Å². The Morgan fingerprint density at radius 3 is 2.71 bits per heavy atom. The van der Waals surface area contributed by atoms with Crippen LogP contribution in [0.2, 0.25) is 5.02 Å². The molecule has 0 unspecified atom stereocenters. The van der Waals surface area contributed by atoms with Crippen LogP contribution in [0.25, 0.3) is 10.8 Å². The number of hydrogen-bond donors (Lipinski definition) is 0. The number of hydrogen-bond acceptors (Lipinski definition) is 1. The Balaban J connectivity index is 2.99. The molecule has 0 spiro atoms. The lowest BCUT2D eigenvalue weighted by Gasteiger charge is -2.04. The van der Waals surface area contributed by atoms with E-state index in [1.807, 2.05) is 18.2 Å². The summed E-state index contributed by atoms with van der Waals surface area (Å²) in [6.45, 7) is 0. The minimum atomic E-state index is 0.650. The molecule has 0 heterocycles. The lowest BCUT2D eigenvalue weighted by Crippen LogP contribution is -1.85. The summed E-state index contributed by atoms with van der Waals surface area (Å²) in [5.41, 5.74) is 0.650. The fourth-order valence-electron chi connectivity index (χ4n) is 1.45. The monoisotopic (exact) mass is 268 g/mol. The van der Waals surface area contributed by atoms with Gasteiger partial charge in [-0.3, -0.25) is 4.79 Å². The molecule has 0 saturated heterocycles. The fourth-order valence-corrected chi connectivity index (χ4v) is 2.27. The Morgan fingerprint density at radius 1 is 1.21 bits per heavy atom. The van der Waals surface area contributed by atoms with Gasteiger partial charge in [-0.15, -0.1) is 0 Å². The van der Waals surface area contributed by atoms with Crippen molar-refractivity contribution in [3.63, 3.8) is 0 Å². The van der Waals surface area contributed by atoms with Gasteiger partial charge in [-0.25, -0.2) is 0 Å². The van der Waals surface area contributed by atoms with Crippen molar-refractivity contribution in [1.82, 2.24) is 0 Å². The molecule has 0 fully saturated rings. The Labute approximate surface area is 94.8 Å². The van der Waals surface area contributed by atoms with Gasteiger partial charge in [-0.2, -0.15) is 0 Å². The summed E-state index contributed by atoms with van der Waals surface area (Å²) in [6, 6.07) is 9.15. The SMILES string of the molecule is O=Cc1ccc(Cl)c2cccc(Br)c12. The van der Waals surface area contributed by atoms with Crippen LogP contribution in [0.1, 0.15) is 10.4 Å². The van der Waals surface area contributed by atoms with Gasteiger partial charge in [-0.1, -0.05) is 39.7 Å². The molecule has 2 aromatic carbocycles. The van der Waals surface area contributed by atoms with E-state index in [2.05, 4.69) is 15.9 Å². The molecule has 0 aliphatic rings. The van der Waals surface area contributed by atoms with Crippen molar-refractivity contribution in [1.29, 1.82) is 0 Å². The smallest absolute Gasteiger partial charge is 0.150 e. The van der Waals surface area contributed by atoms with Gasteiger partial charge in [0.05, 0.1) is 0 Å². The summed E-state index contributed by atoms with van der Waals surface area (Å²) >= 11 is 9.43. The van der Waals surface area contributed by atoms with Crippen LogP contribution < -0.4 is 0 Å². The molecule has 0 radical (unpaired) electrons. The van der Waals surface area contributed by atoms with E-state index < -0.39 is 0 Å². The summed E-state index contributed by atoms with van der Waals surface area (Å²) in [4.78, 5) is 10.8. The third kappa shape index (κ3) is 1.45. The van der Waals surface area contributed by atoms with Gasteiger partial charge < -0.3 is 0 Å². The summed E-state index contributed by atoms with van der Waals surface area (Å²) < 4.78 is 0.889. The van der Waals surface area contributed by atoms with Gasteiger partial charge in [0.25, 0.3) is 0 Å². The summed E-state index contributed by atoms with van der Waals surface area (Å²) in [7, 11) is 0. The van der Waals surface area contributed by atoms with E-state index in [-0.39, 0.29) is 0 Å². The maximum atomic E-state index is 10.8. The topological polar surface area (TPSA) is 17.1 Å². The van der Waals surface area contributed by atoms with E-state index in [1.54, 1.807) is 12.1 Å². The van der Waals surface area contributed by atoms with Crippen molar-refractivity contribution in [2.45, 2.75) is 0 Å². The molecule has 0 bridgehead atoms. The predicted octanol–water partition coefficient (Wildman–Crippen LogP) is 4.07. The molecule has 14 heavy (non-hydrogen) atoms. The van der Waals surface area contributed by atoms with Gasteiger partial charge in [-0.05, 0) is 18.2 Å². The van der Waals surface area contributed by atoms with Crippen LogP contribution in [-0.4, -0.2) is 6.29 Å². The van der Waals surface area contributed by atoms with E-state index in [1.165, 1.54) is 0 Å². The summed E-state index contributed by atoms with van der Waals surface area (Å²) in [5, 5.41) is 2.42. The van der Waals surface area contributed by atoms with Gasteiger partial charge in [0.1, 0.15) is 0 Å². The van der Waals surface area contributed by atoms with Gasteiger partial charge >= 0.3 is 0 Å². The van der Waals surface area contributed by atoms with Crippen molar-refractivity contribution in [3.8, 4) is 0 Å². The maximum Gasteiger partial charge on any atom is 0.150 e. The third-order valence-electron chi connectivity index (χ3n) is 2.10.